The summed E-state index contributed by atoms with van der Waals surface area (Å²) in [5, 5.41) is 8.67. The molecular formula is C44H84O4. The zero-order valence-electron chi connectivity index (χ0n) is 32.6. The average Bonchev–Trinajstić information content (AvgIpc) is 3.07. The van der Waals surface area contributed by atoms with Gasteiger partial charge in [0.25, 0.3) is 0 Å². The number of carboxylic acids is 1. The first-order valence-corrected chi connectivity index (χ1v) is 21.7. The molecule has 4 heteroatoms. The van der Waals surface area contributed by atoms with E-state index in [1.807, 2.05) is 0 Å². The maximum Gasteiger partial charge on any atom is 0.306 e. The molecule has 0 spiro atoms. The molecule has 0 saturated heterocycles. The van der Waals surface area contributed by atoms with Crippen molar-refractivity contribution in [2.75, 3.05) is 0 Å². The molecule has 0 heterocycles. The summed E-state index contributed by atoms with van der Waals surface area (Å²) in [5.74, 6) is -0.623. The van der Waals surface area contributed by atoms with Crippen LogP contribution in [0.4, 0.5) is 0 Å². The Kier molecular flexibility index (Phi) is 39.0. The third kappa shape index (κ3) is 39.1. The Labute approximate surface area is 300 Å². The van der Waals surface area contributed by atoms with E-state index < -0.39 is 5.97 Å². The van der Waals surface area contributed by atoms with Crippen molar-refractivity contribution in [1.29, 1.82) is 0 Å². The highest BCUT2D eigenvalue weighted by molar-refractivity contribution is 5.69. The van der Waals surface area contributed by atoms with Crippen molar-refractivity contribution in [2.45, 2.75) is 258 Å². The second-order valence-corrected chi connectivity index (χ2v) is 14.9. The van der Waals surface area contributed by atoms with E-state index >= 15 is 0 Å². The highest BCUT2D eigenvalue weighted by Gasteiger charge is 2.14. The molecular weight excluding hydrogens is 592 g/mol. The van der Waals surface area contributed by atoms with Crippen LogP contribution in [-0.4, -0.2) is 23.1 Å². The van der Waals surface area contributed by atoms with Crippen LogP contribution in [0.5, 0.6) is 0 Å². The minimum atomic E-state index is -0.662. The zero-order valence-corrected chi connectivity index (χ0v) is 32.6. The molecule has 0 bridgehead atoms. The minimum absolute atomic E-state index is 0.0387. The normalized spacial score (nSPS) is 12.2. The van der Waals surface area contributed by atoms with Crippen molar-refractivity contribution in [3.8, 4) is 0 Å². The van der Waals surface area contributed by atoms with Gasteiger partial charge in [0.1, 0.15) is 6.10 Å². The third-order valence-corrected chi connectivity index (χ3v) is 9.99. The topological polar surface area (TPSA) is 63.6 Å². The van der Waals surface area contributed by atoms with Crippen LogP contribution in [0.2, 0.25) is 0 Å². The Morgan fingerprint density at radius 1 is 0.438 bits per heavy atom. The van der Waals surface area contributed by atoms with E-state index in [0.29, 0.717) is 12.8 Å². The van der Waals surface area contributed by atoms with Gasteiger partial charge in [-0.1, -0.05) is 193 Å². The first-order chi connectivity index (χ1) is 23.6. The number of rotatable bonds is 40. The summed E-state index contributed by atoms with van der Waals surface area (Å²) in [4.78, 5) is 23.1. The Balaban J connectivity index is 3.58. The molecule has 48 heavy (non-hydrogen) atoms. The smallest absolute Gasteiger partial charge is 0.306 e. The standard InChI is InChI=1S/C44H84O4/c1-3-5-7-8-9-10-11-12-13-14-19-22-25-28-31-34-37-41-44(47)48-42(38-6-4-2)39-35-32-29-26-23-20-17-15-16-18-21-24-27-30-33-36-40-43(45)46/h12-13,42H,3-11,14-41H2,1-2H3,(H,45,46)/b13-12-. The van der Waals surface area contributed by atoms with Gasteiger partial charge < -0.3 is 9.84 Å². The van der Waals surface area contributed by atoms with E-state index in [1.54, 1.807) is 0 Å². The molecule has 0 aromatic rings. The first kappa shape index (κ1) is 46.7. The number of carbonyl (C=O) groups is 2. The van der Waals surface area contributed by atoms with Crippen LogP contribution >= 0.6 is 0 Å². The van der Waals surface area contributed by atoms with Gasteiger partial charge in [0, 0.05) is 12.8 Å². The van der Waals surface area contributed by atoms with Gasteiger partial charge in [-0.2, -0.15) is 0 Å². The van der Waals surface area contributed by atoms with Crippen LogP contribution in [0.1, 0.15) is 251 Å². The summed E-state index contributed by atoms with van der Waals surface area (Å²) < 4.78 is 5.95. The molecule has 0 aromatic carbocycles. The van der Waals surface area contributed by atoms with Gasteiger partial charge in [0.2, 0.25) is 0 Å². The van der Waals surface area contributed by atoms with Crippen molar-refractivity contribution >= 4 is 11.9 Å². The second kappa shape index (κ2) is 40.1. The molecule has 1 N–H and O–H groups in total. The summed E-state index contributed by atoms with van der Waals surface area (Å²) in [5.41, 5.74) is 0. The minimum Gasteiger partial charge on any atom is -0.481 e. The number of carboxylic acid groups (broad SMARTS) is 1. The monoisotopic (exact) mass is 677 g/mol. The van der Waals surface area contributed by atoms with Crippen LogP contribution in [0, 0.1) is 0 Å². The van der Waals surface area contributed by atoms with Crippen LogP contribution in [0.3, 0.4) is 0 Å². The van der Waals surface area contributed by atoms with E-state index in [1.165, 1.54) is 180 Å². The van der Waals surface area contributed by atoms with E-state index in [-0.39, 0.29) is 12.1 Å². The summed E-state index contributed by atoms with van der Waals surface area (Å²) >= 11 is 0. The van der Waals surface area contributed by atoms with E-state index in [9.17, 15) is 9.59 Å². The third-order valence-electron chi connectivity index (χ3n) is 9.99. The van der Waals surface area contributed by atoms with Crippen molar-refractivity contribution < 1.29 is 19.4 Å². The molecule has 1 atom stereocenters. The predicted molar refractivity (Wildman–Crippen MR) is 209 cm³/mol. The number of hydrogen-bond acceptors (Lipinski definition) is 3. The zero-order chi connectivity index (χ0) is 35.0. The Bertz CT molecular complexity index is 687. The Hall–Kier alpha value is -1.32. The summed E-state index contributed by atoms with van der Waals surface area (Å²) in [6.45, 7) is 4.51. The van der Waals surface area contributed by atoms with Crippen LogP contribution in [-0.2, 0) is 14.3 Å². The fraction of sp³-hybridized carbons (Fsp3) is 0.909. The lowest BCUT2D eigenvalue weighted by molar-refractivity contribution is -0.150. The number of ether oxygens (including phenoxy) is 1. The SMILES string of the molecule is CCCCCCCC/C=C\CCCCCCCCCC(=O)OC(CCCC)CCCCCCCCCCCCCCCCCCC(=O)O. The molecule has 0 aliphatic rings. The van der Waals surface area contributed by atoms with Crippen LogP contribution in [0.25, 0.3) is 0 Å². The molecule has 1 unspecified atom stereocenters. The van der Waals surface area contributed by atoms with Crippen LogP contribution in [0.15, 0.2) is 12.2 Å². The Morgan fingerprint density at radius 2 is 0.771 bits per heavy atom. The van der Waals surface area contributed by atoms with Crippen LogP contribution < -0.4 is 0 Å². The number of esters is 1. The first-order valence-electron chi connectivity index (χ1n) is 21.7. The fourth-order valence-electron chi connectivity index (χ4n) is 6.76. The molecule has 4 nitrogen and oxygen atoms in total. The molecule has 0 aliphatic carbocycles. The summed E-state index contributed by atoms with van der Waals surface area (Å²) in [6, 6.07) is 0. The summed E-state index contributed by atoms with van der Waals surface area (Å²) in [7, 11) is 0. The van der Waals surface area contributed by atoms with E-state index in [0.717, 1.165) is 44.9 Å². The van der Waals surface area contributed by atoms with E-state index in [4.69, 9.17) is 9.84 Å². The maximum absolute atomic E-state index is 12.5. The van der Waals surface area contributed by atoms with Crippen molar-refractivity contribution in [2.24, 2.45) is 0 Å². The molecule has 0 aliphatic heterocycles. The van der Waals surface area contributed by atoms with Crippen molar-refractivity contribution in [3.63, 3.8) is 0 Å². The van der Waals surface area contributed by atoms with Gasteiger partial charge in [-0.3, -0.25) is 9.59 Å². The summed E-state index contributed by atoms with van der Waals surface area (Å²) in [6.07, 6.45) is 50.1. The number of unbranched alkanes of at least 4 members (excludes halogenated alkanes) is 29. The van der Waals surface area contributed by atoms with E-state index in [2.05, 4.69) is 26.0 Å². The highest BCUT2D eigenvalue weighted by Crippen LogP contribution is 2.18. The number of aliphatic carboxylic acids is 1. The second-order valence-electron chi connectivity index (χ2n) is 14.9. The van der Waals surface area contributed by atoms with Gasteiger partial charge in [-0.25, -0.2) is 0 Å². The van der Waals surface area contributed by atoms with Crippen molar-refractivity contribution in [3.05, 3.63) is 12.2 Å². The number of carbonyl (C=O) groups excluding carboxylic acids is 1. The molecule has 0 radical (unpaired) electrons. The van der Waals surface area contributed by atoms with Crippen molar-refractivity contribution in [1.82, 2.24) is 0 Å². The Morgan fingerprint density at radius 3 is 1.19 bits per heavy atom. The average molecular weight is 677 g/mol. The van der Waals surface area contributed by atoms with Gasteiger partial charge in [0.05, 0.1) is 0 Å². The maximum atomic E-state index is 12.5. The molecule has 0 aromatic heterocycles. The van der Waals surface area contributed by atoms with Gasteiger partial charge in [0.15, 0.2) is 0 Å². The predicted octanol–water partition coefficient (Wildman–Crippen LogP) is 15.0. The molecule has 0 saturated carbocycles. The lowest BCUT2D eigenvalue weighted by Crippen LogP contribution is -2.18. The lowest BCUT2D eigenvalue weighted by Gasteiger charge is -2.18. The quantitative estimate of drug-likeness (QED) is 0.0398. The fourth-order valence-corrected chi connectivity index (χ4v) is 6.76. The van der Waals surface area contributed by atoms with Gasteiger partial charge in [-0.05, 0) is 57.8 Å². The number of hydrogen-bond donors (Lipinski definition) is 1. The molecule has 0 rings (SSSR count). The largest absolute Gasteiger partial charge is 0.481 e. The molecule has 0 amide bonds. The molecule has 284 valence electrons. The lowest BCUT2D eigenvalue weighted by atomic mass is 10.0. The highest BCUT2D eigenvalue weighted by atomic mass is 16.5. The van der Waals surface area contributed by atoms with Gasteiger partial charge >= 0.3 is 11.9 Å². The number of allylic oxidation sites excluding steroid dienone is 2. The van der Waals surface area contributed by atoms with Gasteiger partial charge in [-0.15, -0.1) is 0 Å². The molecule has 0 fully saturated rings.